The van der Waals surface area contributed by atoms with E-state index >= 15 is 0 Å². The van der Waals surface area contributed by atoms with Crippen molar-refractivity contribution in [2.24, 2.45) is 0 Å². The van der Waals surface area contributed by atoms with Gasteiger partial charge in [0.25, 0.3) is 0 Å². The third kappa shape index (κ3) is 4.60. The SMILES string of the molecule is CNCCC=Cc1cccc(Nc2ccccc2)c1. The number of para-hydroxylation sites is 1. The van der Waals surface area contributed by atoms with Crippen molar-refractivity contribution in [1.29, 1.82) is 0 Å². The van der Waals surface area contributed by atoms with Gasteiger partial charge < -0.3 is 10.6 Å². The lowest BCUT2D eigenvalue weighted by Crippen LogP contribution is -2.05. The minimum Gasteiger partial charge on any atom is -0.356 e. The van der Waals surface area contributed by atoms with E-state index in [1.807, 2.05) is 25.2 Å². The van der Waals surface area contributed by atoms with Crippen LogP contribution in [0.3, 0.4) is 0 Å². The molecule has 2 aromatic carbocycles. The first-order chi connectivity index (χ1) is 9.38. The van der Waals surface area contributed by atoms with Gasteiger partial charge in [-0.15, -0.1) is 0 Å². The van der Waals surface area contributed by atoms with Gasteiger partial charge >= 0.3 is 0 Å². The maximum Gasteiger partial charge on any atom is 0.0390 e. The van der Waals surface area contributed by atoms with Crippen LogP contribution >= 0.6 is 0 Å². The molecule has 2 aromatic rings. The second-order valence-corrected chi connectivity index (χ2v) is 4.41. The van der Waals surface area contributed by atoms with Crippen molar-refractivity contribution in [3.63, 3.8) is 0 Å². The second kappa shape index (κ2) is 7.39. The summed E-state index contributed by atoms with van der Waals surface area (Å²) in [4.78, 5) is 0. The van der Waals surface area contributed by atoms with E-state index in [1.165, 1.54) is 5.56 Å². The molecule has 0 heterocycles. The Morgan fingerprint density at radius 2 is 1.74 bits per heavy atom. The average molecular weight is 252 g/mol. The first-order valence-electron chi connectivity index (χ1n) is 6.62. The lowest BCUT2D eigenvalue weighted by molar-refractivity contribution is 0.809. The van der Waals surface area contributed by atoms with Crippen LogP contribution < -0.4 is 10.6 Å². The number of rotatable bonds is 6. The molecule has 0 atom stereocenters. The zero-order chi connectivity index (χ0) is 13.3. The fourth-order valence-electron chi connectivity index (χ4n) is 1.86. The highest BCUT2D eigenvalue weighted by atomic mass is 14.9. The number of hydrogen-bond acceptors (Lipinski definition) is 2. The van der Waals surface area contributed by atoms with Gasteiger partial charge in [-0.1, -0.05) is 42.5 Å². The van der Waals surface area contributed by atoms with Crippen LogP contribution in [0.1, 0.15) is 12.0 Å². The molecule has 0 fully saturated rings. The average Bonchev–Trinajstić information content (AvgIpc) is 2.45. The van der Waals surface area contributed by atoms with Gasteiger partial charge in [-0.05, 0) is 49.8 Å². The summed E-state index contributed by atoms with van der Waals surface area (Å²) < 4.78 is 0. The molecule has 0 saturated heterocycles. The van der Waals surface area contributed by atoms with Crippen LogP contribution in [0.2, 0.25) is 0 Å². The van der Waals surface area contributed by atoms with E-state index < -0.39 is 0 Å². The van der Waals surface area contributed by atoms with Gasteiger partial charge in [0, 0.05) is 11.4 Å². The monoisotopic (exact) mass is 252 g/mol. The van der Waals surface area contributed by atoms with Crippen molar-refractivity contribution in [1.82, 2.24) is 5.32 Å². The van der Waals surface area contributed by atoms with Gasteiger partial charge in [0.05, 0.1) is 0 Å². The van der Waals surface area contributed by atoms with Gasteiger partial charge in [0.2, 0.25) is 0 Å². The van der Waals surface area contributed by atoms with E-state index in [0.29, 0.717) is 0 Å². The van der Waals surface area contributed by atoms with E-state index in [-0.39, 0.29) is 0 Å². The summed E-state index contributed by atoms with van der Waals surface area (Å²) in [5, 5.41) is 6.53. The summed E-state index contributed by atoms with van der Waals surface area (Å²) in [5.74, 6) is 0. The van der Waals surface area contributed by atoms with Gasteiger partial charge in [-0.2, -0.15) is 0 Å². The Morgan fingerprint density at radius 3 is 2.53 bits per heavy atom. The quantitative estimate of drug-likeness (QED) is 0.758. The number of anilines is 2. The smallest absolute Gasteiger partial charge is 0.0390 e. The molecular weight excluding hydrogens is 232 g/mol. The van der Waals surface area contributed by atoms with Crippen molar-refractivity contribution < 1.29 is 0 Å². The summed E-state index contributed by atoms with van der Waals surface area (Å²) >= 11 is 0. The van der Waals surface area contributed by atoms with Gasteiger partial charge in [0.15, 0.2) is 0 Å². The van der Waals surface area contributed by atoms with Gasteiger partial charge in [0.1, 0.15) is 0 Å². The molecule has 0 aliphatic rings. The van der Waals surface area contributed by atoms with Crippen LogP contribution in [-0.2, 0) is 0 Å². The molecule has 0 radical (unpaired) electrons. The van der Waals surface area contributed by atoms with Crippen LogP contribution in [0.25, 0.3) is 6.08 Å². The van der Waals surface area contributed by atoms with Crippen LogP contribution in [0.5, 0.6) is 0 Å². The molecule has 2 rings (SSSR count). The third-order valence-electron chi connectivity index (χ3n) is 2.82. The Kier molecular flexibility index (Phi) is 5.20. The highest BCUT2D eigenvalue weighted by molar-refractivity contribution is 5.63. The van der Waals surface area contributed by atoms with E-state index in [0.717, 1.165) is 24.3 Å². The summed E-state index contributed by atoms with van der Waals surface area (Å²) in [6.45, 7) is 1.01. The maximum atomic E-state index is 3.40. The summed E-state index contributed by atoms with van der Waals surface area (Å²) in [6.07, 6.45) is 5.40. The Labute approximate surface area is 115 Å². The Hall–Kier alpha value is -2.06. The Balaban J connectivity index is 2.01. The molecule has 0 aromatic heterocycles. The van der Waals surface area contributed by atoms with Crippen LogP contribution in [0.4, 0.5) is 11.4 Å². The van der Waals surface area contributed by atoms with Crippen molar-refractivity contribution in [3.8, 4) is 0 Å². The van der Waals surface area contributed by atoms with Crippen LogP contribution in [-0.4, -0.2) is 13.6 Å². The minimum absolute atomic E-state index is 1.01. The summed E-state index contributed by atoms with van der Waals surface area (Å²) in [6, 6.07) is 18.6. The molecule has 0 aliphatic carbocycles. The second-order valence-electron chi connectivity index (χ2n) is 4.41. The lowest BCUT2D eigenvalue weighted by Gasteiger charge is -2.06. The molecule has 0 unspecified atom stereocenters. The fraction of sp³-hybridized carbons (Fsp3) is 0.176. The molecule has 2 N–H and O–H groups in total. The van der Waals surface area contributed by atoms with Crippen molar-refractivity contribution in [3.05, 3.63) is 66.2 Å². The summed E-state index contributed by atoms with van der Waals surface area (Å²) in [5.41, 5.74) is 3.44. The largest absolute Gasteiger partial charge is 0.356 e. The molecule has 0 amide bonds. The molecule has 0 aliphatic heterocycles. The highest BCUT2D eigenvalue weighted by Crippen LogP contribution is 2.18. The molecule has 98 valence electrons. The van der Waals surface area contributed by atoms with Crippen molar-refractivity contribution in [2.45, 2.75) is 6.42 Å². The van der Waals surface area contributed by atoms with Crippen molar-refractivity contribution in [2.75, 3.05) is 18.9 Å². The van der Waals surface area contributed by atoms with Crippen molar-refractivity contribution >= 4 is 17.5 Å². The number of benzene rings is 2. The third-order valence-corrected chi connectivity index (χ3v) is 2.82. The maximum absolute atomic E-state index is 3.40. The van der Waals surface area contributed by atoms with E-state index in [1.54, 1.807) is 0 Å². The zero-order valence-electron chi connectivity index (χ0n) is 11.3. The zero-order valence-corrected chi connectivity index (χ0v) is 11.3. The number of nitrogens with one attached hydrogen (secondary N) is 2. The molecule has 0 bridgehead atoms. The minimum atomic E-state index is 1.01. The molecule has 2 heteroatoms. The lowest BCUT2D eigenvalue weighted by atomic mass is 10.1. The van der Waals surface area contributed by atoms with E-state index in [2.05, 4.69) is 59.2 Å². The first-order valence-corrected chi connectivity index (χ1v) is 6.62. The fourth-order valence-corrected chi connectivity index (χ4v) is 1.86. The van der Waals surface area contributed by atoms with Gasteiger partial charge in [-0.3, -0.25) is 0 Å². The number of hydrogen-bond donors (Lipinski definition) is 2. The van der Waals surface area contributed by atoms with E-state index in [4.69, 9.17) is 0 Å². The normalized spacial score (nSPS) is 10.8. The summed E-state index contributed by atoms with van der Waals surface area (Å²) in [7, 11) is 1.97. The molecule has 0 saturated carbocycles. The topological polar surface area (TPSA) is 24.1 Å². The predicted octanol–water partition coefficient (Wildman–Crippen LogP) is 4.05. The highest BCUT2D eigenvalue weighted by Gasteiger charge is 1.94. The van der Waals surface area contributed by atoms with E-state index in [9.17, 15) is 0 Å². The Morgan fingerprint density at radius 1 is 0.947 bits per heavy atom. The van der Waals surface area contributed by atoms with Crippen LogP contribution in [0.15, 0.2) is 60.7 Å². The molecule has 19 heavy (non-hydrogen) atoms. The standard InChI is InChI=1S/C17H20N2/c1-18-13-6-5-8-15-9-7-12-17(14-15)19-16-10-3-2-4-11-16/h2-5,7-12,14,18-19H,6,13H2,1H3. The molecule has 0 spiro atoms. The van der Waals surface area contributed by atoms with Crippen LogP contribution in [0, 0.1) is 0 Å². The molecular formula is C17H20N2. The predicted molar refractivity (Wildman–Crippen MR) is 83.7 cm³/mol. The first kappa shape index (κ1) is 13.4. The van der Waals surface area contributed by atoms with Gasteiger partial charge in [-0.25, -0.2) is 0 Å². The molecule has 2 nitrogen and oxygen atoms in total. The Bertz CT molecular complexity index is 518.